The van der Waals surface area contributed by atoms with Crippen molar-refractivity contribution in [2.75, 3.05) is 19.4 Å². The number of hydrogen-bond acceptors (Lipinski definition) is 3. The summed E-state index contributed by atoms with van der Waals surface area (Å²) in [5, 5.41) is 2.99. The number of benzene rings is 1. The number of hydrogen-bond donors (Lipinski definition) is 2. The van der Waals surface area contributed by atoms with Gasteiger partial charge in [-0.3, -0.25) is 4.79 Å². The molecule has 1 fully saturated rings. The molecule has 4 heteroatoms. The molecule has 2 unspecified atom stereocenters. The molecule has 1 amide bonds. The fourth-order valence-corrected chi connectivity index (χ4v) is 2.72. The van der Waals surface area contributed by atoms with Crippen molar-refractivity contribution in [3.63, 3.8) is 0 Å². The normalized spacial score (nSPS) is 22.2. The molecule has 1 aromatic carbocycles. The maximum atomic E-state index is 12.1. The molecule has 19 heavy (non-hydrogen) atoms. The van der Waals surface area contributed by atoms with Gasteiger partial charge >= 0.3 is 0 Å². The molecule has 1 aromatic rings. The minimum Gasteiger partial charge on any atom is -0.497 e. The number of nitrogen functional groups attached to an aromatic ring is 1. The number of carbonyl (C=O) groups excluding carboxylic acids is 1. The lowest BCUT2D eigenvalue weighted by atomic mass is 10.1. The Balaban J connectivity index is 1.94. The van der Waals surface area contributed by atoms with Crippen molar-refractivity contribution < 1.29 is 9.53 Å². The number of ether oxygens (including phenoxy) is 1. The zero-order valence-electron chi connectivity index (χ0n) is 11.6. The average molecular weight is 262 g/mol. The van der Waals surface area contributed by atoms with Crippen molar-refractivity contribution >= 4 is 11.6 Å². The quantitative estimate of drug-likeness (QED) is 0.819. The fraction of sp³-hybridized carbons (Fsp3) is 0.533. The van der Waals surface area contributed by atoms with E-state index in [-0.39, 0.29) is 5.91 Å². The van der Waals surface area contributed by atoms with Crippen LogP contribution >= 0.6 is 0 Å². The van der Waals surface area contributed by atoms with Crippen molar-refractivity contribution in [3.05, 3.63) is 23.8 Å². The van der Waals surface area contributed by atoms with Gasteiger partial charge in [0, 0.05) is 23.9 Å². The van der Waals surface area contributed by atoms with Gasteiger partial charge in [-0.05, 0) is 36.8 Å². The van der Waals surface area contributed by atoms with Gasteiger partial charge in [-0.15, -0.1) is 0 Å². The average Bonchev–Trinajstić information content (AvgIpc) is 2.81. The molecule has 3 N–H and O–H groups in total. The predicted molar refractivity (Wildman–Crippen MR) is 76.2 cm³/mol. The Morgan fingerprint density at radius 3 is 2.84 bits per heavy atom. The molecule has 0 aliphatic heterocycles. The van der Waals surface area contributed by atoms with Gasteiger partial charge in [-0.1, -0.05) is 13.3 Å². The molecule has 4 nitrogen and oxygen atoms in total. The van der Waals surface area contributed by atoms with Gasteiger partial charge in [-0.2, -0.15) is 0 Å². The lowest BCUT2D eigenvalue weighted by Gasteiger charge is -2.12. The summed E-state index contributed by atoms with van der Waals surface area (Å²) in [5.74, 6) is 1.93. The molecule has 0 heterocycles. The van der Waals surface area contributed by atoms with Crippen LogP contribution in [-0.4, -0.2) is 19.6 Å². The maximum Gasteiger partial charge on any atom is 0.251 e. The molecule has 2 rings (SSSR count). The minimum absolute atomic E-state index is 0.0786. The molecule has 104 valence electrons. The summed E-state index contributed by atoms with van der Waals surface area (Å²) in [7, 11) is 1.57. The molecule has 1 saturated carbocycles. The van der Waals surface area contributed by atoms with E-state index in [1.54, 1.807) is 25.3 Å². The third-order valence-electron chi connectivity index (χ3n) is 3.78. The zero-order valence-corrected chi connectivity index (χ0v) is 11.6. The van der Waals surface area contributed by atoms with Gasteiger partial charge < -0.3 is 15.8 Å². The highest BCUT2D eigenvalue weighted by Gasteiger charge is 2.21. The number of carbonyl (C=O) groups is 1. The van der Waals surface area contributed by atoms with Crippen LogP contribution in [0.5, 0.6) is 5.75 Å². The Morgan fingerprint density at radius 1 is 1.42 bits per heavy atom. The van der Waals surface area contributed by atoms with E-state index in [4.69, 9.17) is 10.5 Å². The highest BCUT2D eigenvalue weighted by atomic mass is 16.5. The summed E-state index contributed by atoms with van der Waals surface area (Å²) in [6, 6.07) is 5.09. The van der Waals surface area contributed by atoms with Gasteiger partial charge in [0.15, 0.2) is 0 Å². The van der Waals surface area contributed by atoms with Crippen molar-refractivity contribution in [2.45, 2.75) is 26.2 Å². The van der Waals surface area contributed by atoms with E-state index in [1.165, 1.54) is 19.3 Å². The summed E-state index contributed by atoms with van der Waals surface area (Å²) in [5.41, 5.74) is 6.85. The van der Waals surface area contributed by atoms with Crippen LogP contribution < -0.4 is 15.8 Å². The second-order valence-corrected chi connectivity index (χ2v) is 5.49. The van der Waals surface area contributed by atoms with Gasteiger partial charge in [0.25, 0.3) is 5.91 Å². The molecule has 1 aliphatic carbocycles. The number of amides is 1. The van der Waals surface area contributed by atoms with Gasteiger partial charge in [-0.25, -0.2) is 0 Å². The topological polar surface area (TPSA) is 64.3 Å². The number of methoxy groups -OCH3 is 1. The Bertz CT molecular complexity index is 459. The monoisotopic (exact) mass is 262 g/mol. The summed E-state index contributed by atoms with van der Waals surface area (Å²) < 4.78 is 5.12. The van der Waals surface area contributed by atoms with Gasteiger partial charge in [0.2, 0.25) is 0 Å². The lowest BCUT2D eigenvalue weighted by Crippen LogP contribution is -2.28. The van der Waals surface area contributed by atoms with E-state index in [2.05, 4.69) is 12.2 Å². The lowest BCUT2D eigenvalue weighted by molar-refractivity contribution is 0.0947. The van der Waals surface area contributed by atoms with Crippen LogP contribution in [0.4, 0.5) is 5.69 Å². The first-order chi connectivity index (χ1) is 9.08. The summed E-state index contributed by atoms with van der Waals surface area (Å²) in [6.07, 6.45) is 3.69. The molecule has 0 spiro atoms. The standard InChI is InChI=1S/C15H22N2O2/c1-10-3-4-11(5-10)9-17-15(18)12-6-13(16)8-14(7-12)19-2/h6-8,10-11H,3-5,9,16H2,1-2H3,(H,17,18). The highest BCUT2D eigenvalue weighted by Crippen LogP contribution is 2.29. The van der Waals surface area contributed by atoms with Crippen molar-refractivity contribution in [3.8, 4) is 5.75 Å². The molecule has 0 saturated heterocycles. The first kappa shape index (κ1) is 13.7. The van der Waals surface area contributed by atoms with Gasteiger partial charge in [0.05, 0.1) is 7.11 Å². The largest absolute Gasteiger partial charge is 0.497 e. The predicted octanol–water partition coefficient (Wildman–Crippen LogP) is 2.44. The third-order valence-corrected chi connectivity index (χ3v) is 3.78. The SMILES string of the molecule is COc1cc(N)cc(C(=O)NCC2CCC(C)C2)c1. The molecule has 0 radical (unpaired) electrons. The summed E-state index contributed by atoms with van der Waals surface area (Å²) >= 11 is 0. The molecule has 0 aromatic heterocycles. The second kappa shape index (κ2) is 5.95. The molecular formula is C15H22N2O2. The van der Waals surface area contributed by atoms with E-state index >= 15 is 0 Å². The highest BCUT2D eigenvalue weighted by molar-refractivity contribution is 5.95. The van der Waals surface area contributed by atoms with Crippen LogP contribution in [0.1, 0.15) is 36.5 Å². The number of rotatable bonds is 4. The van der Waals surface area contributed by atoms with E-state index in [1.807, 2.05) is 0 Å². The van der Waals surface area contributed by atoms with Crippen LogP contribution in [0.3, 0.4) is 0 Å². The third kappa shape index (κ3) is 3.63. The summed E-state index contributed by atoms with van der Waals surface area (Å²) in [6.45, 7) is 3.02. The van der Waals surface area contributed by atoms with Crippen LogP contribution in [0, 0.1) is 11.8 Å². The van der Waals surface area contributed by atoms with Crippen LogP contribution in [0.2, 0.25) is 0 Å². The van der Waals surface area contributed by atoms with Crippen LogP contribution in [0.25, 0.3) is 0 Å². The van der Waals surface area contributed by atoms with E-state index < -0.39 is 0 Å². The van der Waals surface area contributed by atoms with E-state index in [9.17, 15) is 4.79 Å². The molecular weight excluding hydrogens is 240 g/mol. The Morgan fingerprint density at radius 2 is 2.21 bits per heavy atom. The van der Waals surface area contributed by atoms with Crippen molar-refractivity contribution in [1.82, 2.24) is 5.32 Å². The Hall–Kier alpha value is -1.71. The van der Waals surface area contributed by atoms with E-state index in [0.717, 1.165) is 12.5 Å². The Kier molecular flexibility index (Phi) is 4.30. The first-order valence-corrected chi connectivity index (χ1v) is 6.81. The number of anilines is 1. The first-order valence-electron chi connectivity index (χ1n) is 6.81. The smallest absolute Gasteiger partial charge is 0.251 e. The second-order valence-electron chi connectivity index (χ2n) is 5.49. The summed E-state index contributed by atoms with van der Waals surface area (Å²) in [4.78, 5) is 12.1. The van der Waals surface area contributed by atoms with Crippen molar-refractivity contribution in [1.29, 1.82) is 0 Å². The fourth-order valence-electron chi connectivity index (χ4n) is 2.72. The number of nitrogens with two attached hydrogens (primary N) is 1. The zero-order chi connectivity index (χ0) is 13.8. The number of nitrogens with one attached hydrogen (secondary N) is 1. The molecule has 1 aliphatic rings. The minimum atomic E-state index is -0.0786. The van der Waals surface area contributed by atoms with Crippen molar-refractivity contribution in [2.24, 2.45) is 11.8 Å². The molecule has 2 atom stereocenters. The van der Waals surface area contributed by atoms with Gasteiger partial charge in [0.1, 0.15) is 5.75 Å². The Labute approximate surface area is 114 Å². The molecule has 0 bridgehead atoms. The van der Waals surface area contributed by atoms with Crippen LogP contribution in [0.15, 0.2) is 18.2 Å². The van der Waals surface area contributed by atoms with Crippen LogP contribution in [-0.2, 0) is 0 Å². The van der Waals surface area contributed by atoms with E-state index in [0.29, 0.717) is 22.9 Å². The maximum absolute atomic E-state index is 12.1.